The van der Waals surface area contributed by atoms with E-state index in [1.165, 1.54) is 4.90 Å². The van der Waals surface area contributed by atoms with Crippen LogP contribution in [0.2, 0.25) is 0 Å². The predicted molar refractivity (Wildman–Crippen MR) is 77.5 cm³/mol. The molecule has 2 N–H and O–H groups in total. The second-order valence-corrected chi connectivity index (χ2v) is 5.73. The largest absolute Gasteiger partial charge is 0.480 e. The zero-order valence-electron chi connectivity index (χ0n) is 12.4. The third-order valence-electron chi connectivity index (χ3n) is 2.99. The van der Waals surface area contributed by atoms with Crippen LogP contribution in [0.3, 0.4) is 0 Å². The highest BCUT2D eigenvalue weighted by molar-refractivity contribution is 5.81. The van der Waals surface area contributed by atoms with Crippen LogP contribution in [0, 0.1) is 0 Å². The van der Waals surface area contributed by atoms with Gasteiger partial charge in [-0.15, -0.1) is 0 Å². The van der Waals surface area contributed by atoms with Crippen molar-refractivity contribution in [3.63, 3.8) is 0 Å². The van der Waals surface area contributed by atoms with Crippen LogP contribution in [0.5, 0.6) is 0 Å². The highest BCUT2D eigenvalue weighted by Gasteiger charge is 2.29. The van der Waals surface area contributed by atoms with Crippen molar-refractivity contribution in [1.29, 1.82) is 0 Å². The summed E-state index contributed by atoms with van der Waals surface area (Å²) >= 11 is 0. The van der Waals surface area contributed by atoms with Crippen molar-refractivity contribution < 1.29 is 14.7 Å². The summed E-state index contributed by atoms with van der Waals surface area (Å²) in [5, 5.41) is 11.8. The number of carboxylic acids is 1. The lowest BCUT2D eigenvalue weighted by molar-refractivity contribution is -0.138. The van der Waals surface area contributed by atoms with E-state index in [0.717, 1.165) is 5.56 Å². The average Bonchev–Trinajstić information content (AvgIpc) is 2.35. The molecule has 1 atom stereocenters. The molecule has 1 rings (SSSR count). The molecule has 1 unspecified atom stereocenters. The Labute approximate surface area is 119 Å². The standard InChI is InChI=1S/C15H22N2O3/c1-11(12-8-6-5-7-9-12)16-14(20)17(10-13(18)19)15(2,3)4/h5-9,11H,10H2,1-4H3,(H,16,20)(H,18,19). The molecule has 0 aliphatic carbocycles. The number of hydrogen-bond acceptors (Lipinski definition) is 2. The number of urea groups is 1. The molecule has 1 aromatic carbocycles. The number of carbonyl (C=O) groups excluding carboxylic acids is 1. The molecule has 20 heavy (non-hydrogen) atoms. The van der Waals surface area contributed by atoms with Gasteiger partial charge in [0.15, 0.2) is 0 Å². The van der Waals surface area contributed by atoms with Crippen molar-refractivity contribution in [2.45, 2.75) is 39.3 Å². The second kappa shape index (κ2) is 6.41. The zero-order chi connectivity index (χ0) is 15.3. The molecule has 0 saturated carbocycles. The minimum atomic E-state index is -1.03. The van der Waals surface area contributed by atoms with Crippen molar-refractivity contribution in [3.05, 3.63) is 35.9 Å². The average molecular weight is 278 g/mol. The third-order valence-corrected chi connectivity index (χ3v) is 2.99. The molecule has 110 valence electrons. The smallest absolute Gasteiger partial charge is 0.323 e. The second-order valence-electron chi connectivity index (χ2n) is 5.73. The van der Waals surface area contributed by atoms with E-state index in [0.29, 0.717) is 0 Å². The highest BCUT2D eigenvalue weighted by Crippen LogP contribution is 2.16. The summed E-state index contributed by atoms with van der Waals surface area (Å²) in [5.74, 6) is -1.03. The van der Waals surface area contributed by atoms with Gasteiger partial charge in [-0.25, -0.2) is 4.79 Å². The molecular formula is C15H22N2O3. The Morgan fingerprint density at radius 2 is 1.80 bits per heavy atom. The molecule has 0 aliphatic heterocycles. The first-order valence-electron chi connectivity index (χ1n) is 6.56. The Morgan fingerprint density at radius 3 is 2.25 bits per heavy atom. The summed E-state index contributed by atoms with van der Waals surface area (Å²) in [4.78, 5) is 24.5. The normalized spacial score (nSPS) is 12.6. The Kier molecular flexibility index (Phi) is 5.13. The van der Waals surface area contributed by atoms with Gasteiger partial charge in [-0.2, -0.15) is 0 Å². The summed E-state index contributed by atoms with van der Waals surface area (Å²) < 4.78 is 0. The van der Waals surface area contributed by atoms with Gasteiger partial charge >= 0.3 is 12.0 Å². The minimum Gasteiger partial charge on any atom is -0.480 e. The maximum absolute atomic E-state index is 12.3. The first kappa shape index (κ1) is 16.0. The van der Waals surface area contributed by atoms with Crippen molar-refractivity contribution in [2.75, 3.05) is 6.54 Å². The van der Waals surface area contributed by atoms with Crippen LogP contribution in [0.25, 0.3) is 0 Å². The zero-order valence-corrected chi connectivity index (χ0v) is 12.4. The molecule has 0 fully saturated rings. The Bertz CT molecular complexity index is 466. The number of nitrogens with one attached hydrogen (secondary N) is 1. The molecule has 5 heteroatoms. The number of hydrogen-bond donors (Lipinski definition) is 2. The van der Waals surface area contributed by atoms with Gasteiger partial charge in [0.1, 0.15) is 6.54 Å². The van der Waals surface area contributed by atoms with Gasteiger partial charge in [-0.3, -0.25) is 4.79 Å². The van der Waals surface area contributed by atoms with Crippen molar-refractivity contribution >= 4 is 12.0 Å². The van der Waals surface area contributed by atoms with E-state index in [1.54, 1.807) is 0 Å². The fraction of sp³-hybridized carbons (Fsp3) is 0.467. The van der Waals surface area contributed by atoms with Crippen molar-refractivity contribution in [3.8, 4) is 0 Å². The number of carbonyl (C=O) groups is 2. The number of rotatable bonds is 4. The molecule has 0 heterocycles. The van der Waals surface area contributed by atoms with Crippen molar-refractivity contribution in [2.24, 2.45) is 0 Å². The molecule has 0 saturated heterocycles. The van der Waals surface area contributed by atoms with Crippen LogP contribution in [0.4, 0.5) is 4.79 Å². The molecule has 5 nitrogen and oxygen atoms in total. The molecule has 0 aliphatic rings. The lowest BCUT2D eigenvalue weighted by Crippen LogP contribution is -2.52. The van der Waals surface area contributed by atoms with E-state index in [9.17, 15) is 9.59 Å². The highest BCUT2D eigenvalue weighted by atomic mass is 16.4. The van der Waals surface area contributed by atoms with Crippen LogP contribution in [0.1, 0.15) is 39.3 Å². The fourth-order valence-corrected chi connectivity index (χ4v) is 1.84. The SMILES string of the molecule is CC(NC(=O)N(CC(=O)O)C(C)(C)C)c1ccccc1. The van der Waals surface area contributed by atoms with E-state index in [1.807, 2.05) is 58.0 Å². The van der Waals surface area contributed by atoms with E-state index < -0.39 is 11.5 Å². The van der Waals surface area contributed by atoms with Gasteiger partial charge in [0, 0.05) is 5.54 Å². The Morgan fingerprint density at radius 1 is 1.25 bits per heavy atom. The van der Waals surface area contributed by atoms with Gasteiger partial charge in [0.25, 0.3) is 0 Å². The van der Waals surface area contributed by atoms with Crippen molar-refractivity contribution in [1.82, 2.24) is 10.2 Å². The predicted octanol–water partition coefficient (Wildman–Crippen LogP) is 2.64. The maximum atomic E-state index is 12.3. The minimum absolute atomic E-state index is 0.178. The third kappa shape index (κ3) is 4.57. The molecule has 0 radical (unpaired) electrons. The molecular weight excluding hydrogens is 256 g/mol. The van der Waals surface area contributed by atoms with E-state index in [2.05, 4.69) is 5.32 Å². The monoisotopic (exact) mass is 278 g/mol. The number of carboxylic acid groups (broad SMARTS) is 1. The summed E-state index contributed by atoms with van der Waals surface area (Å²) in [6, 6.07) is 8.99. The van der Waals surface area contributed by atoms with E-state index >= 15 is 0 Å². The van der Waals surface area contributed by atoms with Gasteiger partial charge in [0.2, 0.25) is 0 Å². The summed E-state index contributed by atoms with van der Waals surface area (Å²) in [6.07, 6.45) is 0. The quantitative estimate of drug-likeness (QED) is 0.889. The van der Waals surface area contributed by atoms with Crippen LogP contribution in [0.15, 0.2) is 30.3 Å². The molecule has 1 aromatic rings. The number of aliphatic carboxylic acids is 1. The number of benzene rings is 1. The van der Waals surface area contributed by atoms with Gasteiger partial charge < -0.3 is 15.3 Å². The number of amides is 2. The lowest BCUT2D eigenvalue weighted by atomic mass is 10.1. The molecule has 0 aromatic heterocycles. The number of nitrogens with zero attached hydrogens (tertiary/aromatic N) is 1. The van der Waals surface area contributed by atoms with Crippen LogP contribution >= 0.6 is 0 Å². The van der Waals surface area contributed by atoms with Crippen LogP contribution in [-0.4, -0.2) is 34.1 Å². The summed E-state index contributed by atoms with van der Waals surface area (Å²) in [5.41, 5.74) is 0.420. The van der Waals surface area contributed by atoms with Crippen LogP contribution < -0.4 is 5.32 Å². The summed E-state index contributed by atoms with van der Waals surface area (Å²) in [7, 11) is 0. The van der Waals surface area contributed by atoms with E-state index in [4.69, 9.17) is 5.11 Å². The first-order valence-corrected chi connectivity index (χ1v) is 6.56. The van der Waals surface area contributed by atoms with Gasteiger partial charge in [-0.05, 0) is 33.3 Å². The maximum Gasteiger partial charge on any atom is 0.323 e. The van der Waals surface area contributed by atoms with E-state index in [-0.39, 0.29) is 18.6 Å². The topological polar surface area (TPSA) is 69.6 Å². The Hall–Kier alpha value is -2.04. The van der Waals surface area contributed by atoms with Gasteiger partial charge in [-0.1, -0.05) is 30.3 Å². The fourth-order valence-electron chi connectivity index (χ4n) is 1.84. The first-order chi connectivity index (χ1) is 9.21. The molecule has 0 spiro atoms. The Balaban J connectivity index is 2.79. The van der Waals surface area contributed by atoms with Gasteiger partial charge in [0.05, 0.1) is 6.04 Å². The molecule has 2 amide bonds. The summed E-state index contributed by atoms with van der Waals surface area (Å²) in [6.45, 7) is 6.97. The lowest BCUT2D eigenvalue weighted by Gasteiger charge is -2.35. The molecule has 0 bridgehead atoms. The van der Waals surface area contributed by atoms with Crippen LogP contribution in [-0.2, 0) is 4.79 Å².